The summed E-state index contributed by atoms with van der Waals surface area (Å²) in [6.07, 6.45) is 1.23. The molecule has 6 nitrogen and oxygen atoms in total. The third kappa shape index (κ3) is 3.93. The van der Waals surface area contributed by atoms with E-state index in [1.165, 1.54) is 4.31 Å². The number of nitrogens with one attached hydrogen (secondary N) is 1. The maximum absolute atomic E-state index is 12.1. The zero-order chi connectivity index (χ0) is 13.9. The van der Waals surface area contributed by atoms with Gasteiger partial charge in [-0.1, -0.05) is 20.8 Å². The van der Waals surface area contributed by atoms with Gasteiger partial charge < -0.3 is 5.11 Å². The fraction of sp³-hybridized carbons (Fsp3) is 0.909. The predicted molar refractivity (Wildman–Crippen MR) is 68.3 cm³/mol. The summed E-state index contributed by atoms with van der Waals surface area (Å²) < 4.78 is 27.8. The molecule has 1 heterocycles. The molecule has 106 valence electrons. The summed E-state index contributed by atoms with van der Waals surface area (Å²) in [7, 11) is -3.70. The van der Waals surface area contributed by atoms with Crippen LogP contribution in [0.25, 0.3) is 0 Å². The minimum absolute atomic E-state index is 0.230. The quantitative estimate of drug-likeness (QED) is 0.773. The van der Waals surface area contributed by atoms with Gasteiger partial charge in [-0.15, -0.1) is 0 Å². The summed E-state index contributed by atoms with van der Waals surface area (Å²) in [5.74, 6) is -0.537. The van der Waals surface area contributed by atoms with Gasteiger partial charge in [0.15, 0.2) is 0 Å². The number of piperidine rings is 1. The van der Waals surface area contributed by atoms with Gasteiger partial charge in [-0.25, -0.2) is 0 Å². The van der Waals surface area contributed by atoms with E-state index in [4.69, 9.17) is 5.11 Å². The maximum Gasteiger partial charge on any atom is 0.321 e. The molecule has 0 aromatic carbocycles. The van der Waals surface area contributed by atoms with E-state index in [0.29, 0.717) is 24.9 Å². The van der Waals surface area contributed by atoms with E-state index in [-0.39, 0.29) is 6.42 Å². The van der Waals surface area contributed by atoms with Gasteiger partial charge >= 0.3 is 5.97 Å². The Hall–Kier alpha value is -0.660. The van der Waals surface area contributed by atoms with Gasteiger partial charge in [0.25, 0.3) is 10.2 Å². The Morgan fingerprint density at radius 2 is 1.89 bits per heavy atom. The van der Waals surface area contributed by atoms with Crippen molar-refractivity contribution in [3.05, 3.63) is 0 Å². The highest BCUT2D eigenvalue weighted by Crippen LogP contribution is 2.22. The van der Waals surface area contributed by atoms with Crippen LogP contribution < -0.4 is 4.72 Å². The predicted octanol–water partition coefficient (Wildman–Crippen LogP) is 0.662. The highest BCUT2D eigenvalue weighted by atomic mass is 32.2. The molecule has 3 atom stereocenters. The molecule has 0 aromatic rings. The van der Waals surface area contributed by atoms with Gasteiger partial charge in [0.2, 0.25) is 0 Å². The largest absolute Gasteiger partial charge is 0.480 e. The van der Waals surface area contributed by atoms with E-state index < -0.39 is 22.2 Å². The maximum atomic E-state index is 12.1. The van der Waals surface area contributed by atoms with Gasteiger partial charge in [-0.2, -0.15) is 17.4 Å². The molecular weight excluding hydrogens is 256 g/mol. The molecule has 1 fully saturated rings. The molecule has 1 saturated heterocycles. The van der Waals surface area contributed by atoms with Crippen LogP contribution in [0.1, 0.15) is 33.6 Å². The summed E-state index contributed by atoms with van der Waals surface area (Å²) >= 11 is 0. The van der Waals surface area contributed by atoms with Crippen LogP contribution in [0.15, 0.2) is 0 Å². The molecule has 0 aromatic heterocycles. The molecule has 1 rings (SSSR count). The van der Waals surface area contributed by atoms with E-state index in [1.807, 2.05) is 13.8 Å². The molecule has 1 aliphatic heterocycles. The van der Waals surface area contributed by atoms with Crippen LogP contribution in [0.5, 0.6) is 0 Å². The monoisotopic (exact) mass is 278 g/mol. The molecular formula is C11H22N2O4S. The number of carboxylic acid groups (broad SMARTS) is 1. The van der Waals surface area contributed by atoms with E-state index in [1.54, 1.807) is 6.92 Å². The Kier molecular flexibility index (Phi) is 5.12. The zero-order valence-corrected chi connectivity index (χ0v) is 11.9. The van der Waals surface area contributed by atoms with E-state index >= 15 is 0 Å². The van der Waals surface area contributed by atoms with Crippen LogP contribution in [0.4, 0.5) is 0 Å². The SMILES string of the molecule is CC[C@H](NS(=O)(=O)N1CC(C)CC(C)C1)C(=O)O. The minimum Gasteiger partial charge on any atom is -0.480 e. The molecule has 1 aliphatic rings. The Balaban J connectivity index is 2.76. The van der Waals surface area contributed by atoms with Gasteiger partial charge in [0.05, 0.1) is 0 Å². The molecule has 2 unspecified atom stereocenters. The number of hydrogen-bond donors (Lipinski definition) is 2. The van der Waals surface area contributed by atoms with E-state index in [0.717, 1.165) is 6.42 Å². The first-order valence-corrected chi connectivity index (χ1v) is 7.70. The molecule has 0 spiro atoms. The number of nitrogens with zero attached hydrogens (tertiary/aromatic N) is 1. The summed E-state index contributed by atoms with van der Waals surface area (Å²) in [6.45, 7) is 6.56. The van der Waals surface area contributed by atoms with Crippen LogP contribution >= 0.6 is 0 Å². The van der Waals surface area contributed by atoms with Crippen molar-refractivity contribution in [2.45, 2.75) is 39.7 Å². The molecule has 0 saturated carbocycles. The van der Waals surface area contributed by atoms with Crippen molar-refractivity contribution in [3.8, 4) is 0 Å². The summed E-state index contributed by atoms with van der Waals surface area (Å²) in [6, 6.07) is -1.05. The highest BCUT2D eigenvalue weighted by molar-refractivity contribution is 7.87. The van der Waals surface area contributed by atoms with E-state index in [2.05, 4.69) is 4.72 Å². The number of rotatable bonds is 5. The molecule has 0 aliphatic carbocycles. The molecule has 0 amide bonds. The normalized spacial score (nSPS) is 27.9. The molecule has 7 heteroatoms. The number of carbonyl (C=O) groups is 1. The Morgan fingerprint density at radius 3 is 2.28 bits per heavy atom. The lowest BCUT2D eigenvalue weighted by Crippen LogP contribution is -2.52. The van der Waals surface area contributed by atoms with Crippen LogP contribution in [-0.4, -0.2) is 42.9 Å². The average molecular weight is 278 g/mol. The average Bonchev–Trinajstić information content (AvgIpc) is 2.24. The van der Waals surface area contributed by atoms with Crippen molar-refractivity contribution in [2.24, 2.45) is 11.8 Å². The number of aliphatic carboxylic acids is 1. The van der Waals surface area contributed by atoms with Crippen LogP contribution in [0, 0.1) is 11.8 Å². The van der Waals surface area contributed by atoms with Crippen molar-refractivity contribution in [2.75, 3.05) is 13.1 Å². The third-order valence-electron chi connectivity index (χ3n) is 3.17. The number of hydrogen-bond acceptors (Lipinski definition) is 3. The van der Waals surface area contributed by atoms with Crippen LogP contribution in [0.2, 0.25) is 0 Å². The summed E-state index contributed by atoms with van der Waals surface area (Å²) in [5.41, 5.74) is 0. The standard InChI is InChI=1S/C11H22N2O4S/c1-4-10(11(14)15)12-18(16,17)13-6-8(2)5-9(3)7-13/h8-10,12H,4-7H2,1-3H3,(H,14,15)/t8?,9?,10-/m0/s1. The van der Waals surface area contributed by atoms with Crippen molar-refractivity contribution in [1.82, 2.24) is 9.03 Å². The fourth-order valence-corrected chi connectivity index (χ4v) is 4.04. The van der Waals surface area contributed by atoms with Crippen LogP contribution in [0.3, 0.4) is 0 Å². The smallest absolute Gasteiger partial charge is 0.321 e. The Bertz CT molecular complexity index is 386. The lowest BCUT2D eigenvalue weighted by Gasteiger charge is -2.34. The van der Waals surface area contributed by atoms with Gasteiger partial charge in [-0.3, -0.25) is 4.79 Å². The first-order chi connectivity index (χ1) is 8.26. The molecule has 0 bridgehead atoms. The number of carboxylic acids is 1. The zero-order valence-electron chi connectivity index (χ0n) is 11.1. The van der Waals surface area contributed by atoms with Gasteiger partial charge in [0, 0.05) is 13.1 Å². The Labute approximate surface area is 109 Å². The first kappa shape index (κ1) is 15.4. The van der Waals surface area contributed by atoms with Crippen molar-refractivity contribution >= 4 is 16.2 Å². The van der Waals surface area contributed by atoms with Crippen molar-refractivity contribution < 1.29 is 18.3 Å². The van der Waals surface area contributed by atoms with Gasteiger partial charge in [0.1, 0.15) is 6.04 Å². The fourth-order valence-electron chi connectivity index (χ4n) is 2.36. The summed E-state index contributed by atoms with van der Waals surface area (Å²) in [4.78, 5) is 10.9. The summed E-state index contributed by atoms with van der Waals surface area (Å²) in [5, 5.41) is 8.89. The lowest BCUT2D eigenvalue weighted by atomic mass is 9.94. The Morgan fingerprint density at radius 1 is 1.39 bits per heavy atom. The van der Waals surface area contributed by atoms with Crippen molar-refractivity contribution in [1.29, 1.82) is 0 Å². The minimum atomic E-state index is -3.70. The second-order valence-electron chi connectivity index (χ2n) is 5.18. The molecule has 18 heavy (non-hydrogen) atoms. The highest BCUT2D eigenvalue weighted by Gasteiger charge is 2.33. The van der Waals surface area contributed by atoms with E-state index in [9.17, 15) is 13.2 Å². The van der Waals surface area contributed by atoms with Gasteiger partial charge in [-0.05, 0) is 24.7 Å². The topological polar surface area (TPSA) is 86.7 Å². The van der Waals surface area contributed by atoms with Crippen LogP contribution in [-0.2, 0) is 15.0 Å². The third-order valence-corrected chi connectivity index (χ3v) is 4.73. The molecule has 0 radical (unpaired) electrons. The molecule has 2 N–H and O–H groups in total. The van der Waals surface area contributed by atoms with Crippen molar-refractivity contribution in [3.63, 3.8) is 0 Å². The second kappa shape index (κ2) is 5.99. The first-order valence-electron chi connectivity index (χ1n) is 6.26. The lowest BCUT2D eigenvalue weighted by molar-refractivity contribution is -0.139. The second-order valence-corrected chi connectivity index (χ2v) is 6.89.